The van der Waals surface area contributed by atoms with E-state index in [2.05, 4.69) is 25.1 Å². The van der Waals surface area contributed by atoms with E-state index in [1.807, 2.05) is 14.0 Å². The van der Waals surface area contributed by atoms with E-state index in [4.69, 9.17) is 4.52 Å². The van der Waals surface area contributed by atoms with Crippen LogP contribution in [0.1, 0.15) is 30.3 Å². The van der Waals surface area contributed by atoms with Crippen LogP contribution in [0.15, 0.2) is 27.6 Å². The number of hydrogen-bond donors (Lipinski definition) is 2. The molecule has 148 valence electrons. The Hall–Kier alpha value is -1.52. The minimum absolute atomic E-state index is 0. The fourth-order valence-corrected chi connectivity index (χ4v) is 4.39. The van der Waals surface area contributed by atoms with Gasteiger partial charge in [0.25, 0.3) is 5.89 Å². The first-order valence-corrected chi connectivity index (χ1v) is 10.3. The number of benzene rings is 1. The molecule has 0 radical (unpaired) electrons. The Morgan fingerprint density at radius 1 is 1.33 bits per heavy atom. The molecule has 0 amide bonds. The van der Waals surface area contributed by atoms with Crippen molar-refractivity contribution in [2.75, 3.05) is 26.7 Å². The van der Waals surface area contributed by atoms with Gasteiger partial charge in [-0.3, -0.25) is 4.90 Å². The van der Waals surface area contributed by atoms with Crippen LogP contribution >= 0.6 is 12.4 Å². The minimum atomic E-state index is -3.52. The van der Waals surface area contributed by atoms with Crippen molar-refractivity contribution in [1.29, 1.82) is 0 Å². The maximum Gasteiger partial charge on any atom is 0.258 e. The average molecular weight is 414 g/mol. The summed E-state index contributed by atoms with van der Waals surface area (Å²) in [5.41, 5.74) is 1.54. The van der Waals surface area contributed by atoms with Crippen LogP contribution in [0, 0.1) is 6.92 Å². The van der Waals surface area contributed by atoms with Crippen LogP contribution in [0.25, 0.3) is 11.5 Å². The average Bonchev–Trinajstić information content (AvgIpc) is 3.27. The summed E-state index contributed by atoms with van der Waals surface area (Å²) >= 11 is 0. The molecule has 1 aromatic heterocycles. The zero-order valence-electron chi connectivity index (χ0n) is 15.3. The highest BCUT2D eigenvalue weighted by Crippen LogP contribution is 2.28. The van der Waals surface area contributed by atoms with Crippen molar-refractivity contribution in [3.05, 3.63) is 29.6 Å². The molecule has 1 atom stereocenters. The van der Waals surface area contributed by atoms with Crippen LogP contribution in [0.5, 0.6) is 0 Å². The number of nitrogens with one attached hydrogen (secondary N) is 2. The van der Waals surface area contributed by atoms with Crippen molar-refractivity contribution in [3.8, 4) is 11.5 Å². The number of rotatable bonds is 5. The van der Waals surface area contributed by atoms with Gasteiger partial charge in [-0.1, -0.05) is 11.2 Å². The molecular formula is C17H24ClN5O3S. The predicted molar refractivity (Wildman–Crippen MR) is 103 cm³/mol. The summed E-state index contributed by atoms with van der Waals surface area (Å²) in [5, 5.41) is 7.45. The molecule has 2 fully saturated rings. The molecular weight excluding hydrogens is 390 g/mol. The number of nitrogens with zero attached hydrogens (tertiary/aromatic N) is 3. The zero-order valence-corrected chi connectivity index (χ0v) is 16.9. The maximum atomic E-state index is 12.5. The van der Waals surface area contributed by atoms with E-state index in [0.29, 0.717) is 17.3 Å². The first-order chi connectivity index (χ1) is 12.4. The summed E-state index contributed by atoms with van der Waals surface area (Å²) < 4.78 is 33.1. The smallest absolute Gasteiger partial charge is 0.258 e. The Morgan fingerprint density at radius 3 is 2.81 bits per heavy atom. The quantitative estimate of drug-likeness (QED) is 0.765. The summed E-state index contributed by atoms with van der Waals surface area (Å²) in [6.45, 7) is 4.51. The highest BCUT2D eigenvalue weighted by Gasteiger charge is 2.29. The molecule has 1 saturated carbocycles. The predicted octanol–water partition coefficient (Wildman–Crippen LogP) is 1.48. The fraction of sp³-hybridized carbons (Fsp3) is 0.529. The van der Waals surface area contributed by atoms with E-state index in [1.165, 1.54) is 0 Å². The summed E-state index contributed by atoms with van der Waals surface area (Å²) in [5.74, 6) is 0.957. The Morgan fingerprint density at radius 2 is 2.11 bits per heavy atom. The molecule has 1 aliphatic carbocycles. The fourth-order valence-electron chi connectivity index (χ4n) is 3.06. The molecule has 0 spiro atoms. The number of piperazine rings is 1. The van der Waals surface area contributed by atoms with Crippen molar-refractivity contribution in [3.63, 3.8) is 0 Å². The van der Waals surface area contributed by atoms with Gasteiger partial charge in [0.15, 0.2) is 5.82 Å². The highest BCUT2D eigenvalue weighted by molar-refractivity contribution is 7.89. The topological polar surface area (TPSA) is 100 Å². The molecule has 8 nitrogen and oxygen atoms in total. The molecule has 4 rings (SSSR count). The number of aryl methyl sites for hydroxylation is 1. The first kappa shape index (κ1) is 20.2. The van der Waals surface area contributed by atoms with Gasteiger partial charge in [0, 0.05) is 31.2 Å². The molecule has 0 bridgehead atoms. The van der Waals surface area contributed by atoms with Crippen LogP contribution in [-0.4, -0.2) is 56.2 Å². The van der Waals surface area contributed by atoms with Crippen molar-refractivity contribution >= 4 is 22.4 Å². The van der Waals surface area contributed by atoms with Gasteiger partial charge in [-0.05, 0) is 44.5 Å². The van der Waals surface area contributed by atoms with Gasteiger partial charge in [-0.25, -0.2) is 13.1 Å². The van der Waals surface area contributed by atoms with E-state index < -0.39 is 10.0 Å². The molecule has 1 aliphatic heterocycles. The van der Waals surface area contributed by atoms with Crippen LogP contribution in [-0.2, 0) is 10.0 Å². The zero-order chi connectivity index (χ0) is 18.3. The second-order valence-corrected chi connectivity index (χ2v) is 8.74. The molecule has 2 N–H and O–H groups in total. The number of aromatic nitrogens is 2. The van der Waals surface area contributed by atoms with Gasteiger partial charge >= 0.3 is 0 Å². The summed E-state index contributed by atoms with van der Waals surface area (Å²) in [6, 6.07) is 5.11. The van der Waals surface area contributed by atoms with Gasteiger partial charge in [-0.15, -0.1) is 12.4 Å². The van der Waals surface area contributed by atoms with E-state index >= 15 is 0 Å². The normalized spacial score (nSPS) is 21.0. The van der Waals surface area contributed by atoms with Gasteiger partial charge in [0.1, 0.15) is 0 Å². The highest BCUT2D eigenvalue weighted by atomic mass is 35.5. The second-order valence-electron chi connectivity index (χ2n) is 7.03. The van der Waals surface area contributed by atoms with Crippen LogP contribution in [0.2, 0.25) is 0 Å². The Kier molecular flexibility index (Phi) is 5.87. The van der Waals surface area contributed by atoms with Crippen LogP contribution in [0.4, 0.5) is 0 Å². The Labute approximate surface area is 165 Å². The molecule has 2 aliphatic rings. The van der Waals surface area contributed by atoms with E-state index in [0.717, 1.165) is 38.0 Å². The SMILES string of the molecule is Cc1ccc(S(=O)(=O)NC2CC2)cc1-c1nc(C2CNCCN2C)no1.Cl. The summed E-state index contributed by atoms with van der Waals surface area (Å²) in [7, 11) is -1.49. The molecule has 2 aromatic rings. The molecule has 10 heteroatoms. The number of sulfonamides is 1. The van der Waals surface area contributed by atoms with E-state index in [-0.39, 0.29) is 29.4 Å². The third-order valence-corrected chi connectivity index (χ3v) is 6.42. The lowest BCUT2D eigenvalue weighted by atomic mass is 10.1. The second kappa shape index (κ2) is 7.84. The van der Waals surface area contributed by atoms with Crippen LogP contribution < -0.4 is 10.0 Å². The van der Waals surface area contributed by atoms with Gasteiger partial charge in [0.05, 0.1) is 10.9 Å². The third kappa shape index (κ3) is 4.33. The van der Waals surface area contributed by atoms with Crippen molar-refractivity contribution in [2.45, 2.75) is 36.7 Å². The lowest BCUT2D eigenvalue weighted by molar-refractivity contribution is 0.190. The van der Waals surface area contributed by atoms with Crippen molar-refractivity contribution in [1.82, 2.24) is 25.1 Å². The maximum absolute atomic E-state index is 12.5. The van der Waals surface area contributed by atoms with E-state index in [1.54, 1.807) is 18.2 Å². The van der Waals surface area contributed by atoms with Gasteiger partial charge in [-0.2, -0.15) is 4.98 Å². The molecule has 1 aromatic carbocycles. The van der Waals surface area contributed by atoms with E-state index in [9.17, 15) is 8.42 Å². The summed E-state index contributed by atoms with van der Waals surface area (Å²) in [4.78, 5) is 6.94. The van der Waals surface area contributed by atoms with Gasteiger partial charge in [0.2, 0.25) is 10.0 Å². The van der Waals surface area contributed by atoms with Crippen molar-refractivity contribution in [2.24, 2.45) is 0 Å². The molecule has 27 heavy (non-hydrogen) atoms. The number of likely N-dealkylation sites (N-methyl/N-ethyl adjacent to an activating group) is 1. The molecule has 1 unspecified atom stereocenters. The molecule has 1 saturated heterocycles. The third-order valence-electron chi connectivity index (χ3n) is 4.90. The van der Waals surface area contributed by atoms with Gasteiger partial charge < -0.3 is 9.84 Å². The standard InChI is InChI=1S/C17H23N5O3S.ClH/c1-11-3-6-13(26(23,24)21-12-4-5-12)9-14(11)17-19-16(20-25-17)15-10-18-7-8-22(15)2;/h3,6,9,12,15,18,21H,4-5,7-8,10H2,1-2H3;1H. The first-order valence-electron chi connectivity index (χ1n) is 8.82. The largest absolute Gasteiger partial charge is 0.334 e. The minimum Gasteiger partial charge on any atom is -0.334 e. The Bertz CT molecular complexity index is 913. The number of hydrogen-bond acceptors (Lipinski definition) is 7. The van der Waals surface area contributed by atoms with Crippen LogP contribution in [0.3, 0.4) is 0 Å². The Balaban J connectivity index is 0.00000210. The van der Waals surface area contributed by atoms with Crippen molar-refractivity contribution < 1.29 is 12.9 Å². The summed E-state index contributed by atoms with van der Waals surface area (Å²) in [6.07, 6.45) is 1.79. The number of halogens is 1. The lowest BCUT2D eigenvalue weighted by Gasteiger charge is -2.30. The molecule has 2 heterocycles. The monoisotopic (exact) mass is 413 g/mol. The lowest BCUT2D eigenvalue weighted by Crippen LogP contribution is -2.44.